The second kappa shape index (κ2) is 8.63. The highest BCUT2D eigenvalue weighted by atomic mass is 35.5. The zero-order chi connectivity index (χ0) is 18.4. The first-order valence-electron chi connectivity index (χ1n) is 8.57. The lowest BCUT2D eigenvalue weighted by molar-refractivity contribution is -0.132. The maximum Gasteiger partial charge on any atom is 0.243 e. The van der Waals surface area contributed by atoms with Gasteiger partial charge in [0.25, 0.3) is 0 Å². The summed E-state index contributed by atoms with van der Waals surface area (Å²) in [5, 5.41) is 9.29. The summed E-state index contributed by atoms with van der Waals surface area (Å²) in [5.74, 6) is -0.191. The molecule has 0 aromatic heterocycles. The third-order valence-corrected chi connectivity index (χ3v) is 4.57. The predicted molar refractivity (Wildman–Crippen MR) is 102 cm³/mol. The van der Waals surface area contributed by atoms with Crippen molar-refractivity contribution in [3.8, 4) is 0 Å². The van der Waals surface area contributed by atoms with E-state index in [4.69, 9.17) is 11.6 Å². The molecule has 2 aromatic rings. The molecule has 0 fully saturated rings. The number of carbonyl (C=O) groups is 2. The number of carbonyl (C=O) groups excluding carboxylic acids is 2. The van der Waals surface area contributed by atoms with Gasteiger partial charge in [0.15, 0.2) is 0 Å². The van der Waals surface area contributed by atoms with E-state index in [1.54, 1.807) is 6.07 Å². The van der Waals surface area contributed by atoms with Crippen molar-refractivity contribution < 1.29 is 9.59 Å². The van der Waals surface area contributed by atoms with Gasteiger partial charge in [-0.15, -0.1) is 0 Å². The molecular formula is C20H20ClN3O2. The first-order valence-corrected chi connectivity index (χ1v) is 8.94. The first kappa shape index (κ1) is 18.1. The highest BCUT2D eigenvalue weighted by Crippen LogP contribution is 2.16. The molecule has 0 bridgehead atoms. The second-order valence-corrected chi connectivity index (χ2v) is 6.45. The number of halogens is 1. The van der Waals surface area contributed by atoms with Crippen LogP contribution in [-0.4, -0.2) is 29.1 Å². The number of nitrogens with one attached hydrogen (secondary N) is 1. The van der Waals surface area contributed by atoms with Crippen molar-refractivity contribution in [1.82, 2.24) is 10.3 Å². The Kier molecular flexibility index (Phi) is 6.02. The average molecular weight is 370 g/mol. The van der Waals surface area contributed by atoms with Crippen LogP contribution in [0.25, 0.3) is 0 Å². The molecule has 0 saturated carbocycles. The second-order valence-electron chi connectivity index (χ2n) is 6.05. The summed E-state index contributed by atoms with van der Waals surface area (Å²) in [6, 6.07) is 17.2. The molecule has 1 heterocycles. The Morgan fingerprint density at radius 1 is 1.08 bits per heavy atom. The van der Waals surface area contributed by atoms with E-state index in [-0.39, 0.29) is 24.8 Å². The highest BCUT2D eigenvalue weighted by Gasteiger charge is 2.21. The molecule has 0 saturated heterocycles. The van der Waals surface area contributed by atoms with Gasteiger partial charge in [-0.1, -0.05) is 60.1 Å². The minimum absolute atomic E-state index is 0.0522. The molecular weight excluding hydrogens is 350 g/mol. The van der Waals surface area contributed by atoms with Gasteiger partial charge in [0.05, 0.1) is 12.3 Å². The molecule has 2 amide bonds. The van der Waals surface area contributed by atoms with E-state index < -0.39 is 0 Å². The number of hydrogen-bond donors (Lipinski definition) is 1. The Labute approximate surface area is 157 Å². The Morgan fingerprint density at radius 3 is 2.58 bits per heavy atom. The van der Waals surface area contributed by atoms with Gasteiger partial charge >= 0.3 is 0 Å². The zero-order valence-electron chi connectivity index (χ0n) is 14.3. The molecule has 3 rings (SSSR count). The van der Waals surface area contributed by atoms with Crippen molar-refractivity contribution in [3.63, 3.8) is 0 Å². The quantitative estimate of drug-likeness (QED) is 0.848. The van der Waals surface area contributed by atoms with Gasteiger partial charge in [-0.2, -0.15) is 5.10 Å². The lowest BCUT2D eigenvalue weighted by atomic mass is 10.0. The van der Waals surface area contributed by atoms with Crippen molar-refractivity contribution in [2.75, 3.05) is 6.54 Å². The fraction of sp³-hybridized carbons (Fsp3) is 0.250. The molecule has 1 aliphatic rings. The van der Waals surface area contributed by atoms with Crippen LogP contribution in [0.3, 0.4) is 0 Å². The number of amides is 2. The summed E-state index contributed by atoms with van der Waals surface area (Å²) < 4.78 is 0. The van der Waals surface area contributed by atoms with Gasteiger partial charge in [0.2, 0.25) is 11.8 Å². The Hall–Kier alpha value is -2.66. The van der Waals surface area contributed by atoms with E-state index in [1.165, 1.54) is 5.01 Å². The fourth-order valence-corrected chi connectivity index (χ4v) is 2.95. The van der Waals surface area contributed by atoms with E-state index >= 15 is 0 Å². The molecule has 0 unspecified atom stereocenters. The van der Waals surface area contributed by atoms with Crippen molar-refractivity contribution in [1.29, 1.82) is 0 Å². The highest BCUT2D eigenvalue weighted by molar-refractivity contribution is 6.31. The number of benzene rings is 2. The Balaban J connectivity index is 1.55. The molecule has 5 nitrogen and oxygen atoms in total. The monoisotopic (exact) mass is 369 g/mol. The van der Waals surface area contributed by atoms with Gasteiger partial charge in [-0.25, -0.2) is 5.01 Å². The Bertz CT molecular complexity index is 821. The molecule has 0 radical (unpaired) electrons. The predicted octanol–water partition coefficient (Wildman–Crippen LogP) is 3.37. The van der Waals surface area contributed by atoms with Crippen LogP contribution in [0.1, 0.15) is 30.4 Å². The lowest BCUT2D eigenvalue weighted by Crippen LogP contribution is -2.35. The third kappa shape index (κ3) is 4.70. The molecule has 1 aliphatic heterocycles. The van der Waals surface area contributed by atoms with Crippen molar-refractivity contribution in [3.05, 3.63) is 70.7 Å². The number of hydrogen-bond acceptors (Lipinski definition) is 3. The van der Waals surface area contributed by atoms with Crippen LogP contribution >= 0.6 is 11.6 Å². The lowest BCUT2D eigenvalue weighted by Gasteiger charge is -2.23. The van der Waals surface area contributed by atoms with Crippen LogP contribution in [0.15, 0.2) is 59.7 Å². The molecule has 0 aliphatic carbocycles. The Morgan fingerprint density at radius 2 is 1.81 bits per heavy atom. The maximum absolute atomic E-state index is 12.1. The topological polar surface area (TPSA) is 61.8 Å². The van der Waals surface area contributed by atoms with Gasteiger partial charge < -0.3 is 5.32 Å². The van der Waals surface area contributed by atoms with Gasteiger partial charge in [-0.3, -0.25) is 9.59 Å². The van der Waals surface area contributed by atoms with Crippen LogP contribution in [0, 0.1) is 0 Å². The molecule has 2 aromatic carbocycles. The van der Waals surface area contributed by atoms with Crippen molar-refractivity contribution >= 4 is 29.1 Å². The van der Waals surface area contributed by atoms with Crippen LogP contribution in [0.5, 0.6) is 0 Å². The smallest absolute Gasteiger partial charge is 0.243 e. The van der Waals surface area contributed by atoms with E-state index in [1.807, 2.05) is 48.5 Å². The van der Waals surface area contributed by atoms with E-state index in [9.17, 15) is 9.59 Å². The van der Waals surface area contributed by atoms with Crippen LogP contribution < -0.4 is 5.32 Å². The van der Waals surface area contributed by atoms with Crippen LogP contribution in [0.2, 0.25) is 5.02 Å². The summed E-state index contributed by atoms with van der Waals surface area (Å²) in [4.78, 5) is 24.2. The fourth-order valence-electron chi connectivity index (χ4n) is 2.74. The normalized spacial score (nSPS) is 14.1. The molecule has 0 spiro atoms. The number of rotatable bonds is 6. The van der Waals surface area contributed by atoms with E-state index in [0.29, 0.717) is 24.4 Å². The standard InChI is InChI=1S/C20H20ClN3O2/c21-17-9-5-4-8-16(17)14-22-19(25)12-13-24-20(26)11-10-18(23-24)15-6-2-1-3-7-15/h1-9H,10-14H2,(H,22,25). The zero-order valence-corrected chi connectivity index (χ0v) is 15.1. The molecule has 6 heteroatoms. The SMILES string of the molecule is O=C(CCN1N=C(c2ccccc2)CCC1=O)NCc1ccccc1Cl. The summed E-state index contributed by atoms with van der Waals surface area (Å²) >= 11 is 6.08. The minimum Gasteiger partial charge on any atom is -0.352 e. The molecule has 1 N–H and O–H groups in total. The summed E-state index contributed by atoms with van der Waals surface area (Å²) in [7, 11) is 0. The summed E-state index contributed by atoms with van der Waals surface area (Å²) in [5.41, 5.74) is 2.75. The minimum atomic E-state index is -0.139. The maximum atomic E-state index is 12.1. The first-order chi connectivity index (χ1) is 12.6. The van der Waals surface area contributed by atoms with Gasteiger partial charge in [0, 0.05) is 30.8 Å². The number of nitrogens with zero attached hydrogens (tertiary/aromatic N) is 2. The summed E-state index contributed by atoms with van der Waals surface area (Å²) in [6.07, 6.45) is 1.23. The summed E-state index contributed by atoms with van der Waals surface area (Å²) in [6.45, 7) is 0.633. The van der Waals surface area contributed by atoms with Gasteiger partial charge in [-0.05, 0) is 17.2 Å². The molecule has 0 atom stereocenters. The molecule has 134 valence electrons. The van der Waals surface area contributed by atoms with Gasteiger partial charge in [0.1, 0.15) is 0 Å². The average Bonchev–Trinajstić information content (AvgIpc) is 2.67. The van der Waals surface area contributed by atoms with Crippen LogP contribution in [-0.2, 0) is 16.1 Å². The van der Waals surface area contributed by atoms with E-state index in [2.05, 4.69) is 10.4 Å². The van der Waals surface area contributed by atoms with Crippen molar-refractivity contribution in [2.24, 2.45) is 5.10 Å². The third-order valence-electron chi connectivity index (χ3n) is 4.20. The largest absolute Gasteiger partial charge is 0.352 e. The number of hydrazone groups is 1. The van der Waals surface area contributed by atoms with Crippen LogP contribution in [0.4, 0.5) is 0 Å². The molecule has 26 heavy (non-hydrogen) atoms. The van der Waals surface area contributed by atoms with E-state index in [0.717, 1.165) is 16.8 Å². The van der Waals surface area contributed by atoms with Crippen molar-refractivity contribution in [2.45, 2.75) is 25.8 Å².